The van der Waals surface area contributed by atoms with Gasteiger partial charge in [0.2, 0.25) is 10.0 Å². The van der Waals surface area contributed by atoms with E-state index in [2.05, 4.69) is 4.72 Å². The van der Waals surface area contributed by atoms with Crippen molar-refractivity contribution in [3.8, 4) is 11.8 Å². The van der Waals surface area contributed by atoms with Gasteiger partial charge in [-0.2, -0.15) is 5.26 Å². The number of hydrogen-bond donors (Lipinski definition) is 3. The second kappa shape index (κ2) is 6.37. The number of carboxylic acids is 1. The first-order chi connectivity index (χ1) is 10.8. The Morgan fingerprint density at radius 2 is 1.91 bits per heavy atom. The van der Waals surface area contributed by atoms with Crippen LogP contribution in [0.4, 0.5) is 5.69 Å². The number of sulfonamides is 1. The lowest BCUT2D eigenvalue weighted by Crippen LogP contribution is -2.16. The third-order valence-corrected chi connectivity index (χ3v) is 4.22. The number of aromatic carboxylic acids is 1. The third kappa shape index (κ3) is 3.99. The minimum absolute atomic E-state index is 0.0296. The molecule has 0 heterocycles. The molecule has 7 nitrogen and oxygen atoms in total. The van der Waals surface area contributed by atoms with Crippen molar-refractivity contribution in [1.29, 1.82) is 5.26 Å². The molecule has 0 bridgehead atoms. The van der Waals surface area contributed by atoms with Crippen LogP contribution in [-0.2, 0) is 15.8 Å². The molecule has 23 heavy (non-hydrogen) atoms. The Labute approximate surface area is 132 Å². The van der Waals surface area contributed by atoms with Gasteiger partial charge < -0.3 is 10.2 Å². The quantitative estimate of drug-likeness (QED) is 0.767. The summed E-state index contributed by atoms with van der Waals surface area (Å²) in [6.07, 6.45) is 0. The van der Waals surface area contributed by atoms with Crippen LogP contribution in [0.3, 0.4) is 0 Å². The molecule has 0 aromatic heterocycles. The van der Waals surface area contributed by atoms with Crippen LogP contribution in [-0.4, -0.2) is 24.6 Å². The summed E-state index contributed by atoms with van der Waals surface area (Å²) in [4.78, 5) is 10.8. The SMILES string of the molecule is N#Cc1ccccc1CS(=O)(=O)Nc1ccc(C(=O)O)c(O)c1. The number of nitriles is 1. The standard InChI is InChI=1S/C15H12N2O5S/c16-8-10-3-1-2-4-11(10)9-23(21,22)17-12-5-6-13(15(19)20)14(18)7-12/h1-7,17-18H,9H2,(H,19,20). The largest absolute Gasteiger partial charge is 0.507 e. The Balaban J connectivity index is 2.24. The van der Waals surface area contributed by atoms with Crippen LogP contribution in [0.1, 0.15) is 21.5 Å². The fourth-order valence-electron chi connectivity index (χ4n) is 1.95. The molecule has 0 unspecified atom stereocenters. The van der Waals surface area contributed by atoms with Gasteiger partial charge in [-0.15, -0.1) is 0 Å². The van der Waals surface area contributed by atoms with Gasteiger partial charge in [-0.3, -0.25) is 4.72 Å². The molecule has 3 N–H and O–H groups in total. The Kier molecular flexibility index (Phi) is 4.52. The van der Waals surface area contributed by atoms with Gasteiger partial charge in [-0.25, -0.2) is 13.2 Å². The number of aromatic hydroxyl groups is 1. The lowest BCUT2D eigenvalue weighted by molar-refractivity contribution is 0.0694. The maximum atomic E-state index is 12.1. The second-order valence-corrected chi connectivity index (χ2v) is 6.39. The molecule has 8 heteroatoms. The Bertz CT molecular complexity index is 900. The summed E-state index contributed by atoms with van der Waals surface area (Å²) < 4.78 is 26.5. The van der Waals surface area contributed by atoms with E-state index in [9.17, 15) is 18.3 Å². The van der Waals surface area contributed by atoms with Gasteiger partial charge in [0, 0.05) is 6.07 Å². The van der Waals surface area contributed by atoms with Crippen molar-refractivity contribution < 1.29 is 23.4 Å². The van der Waals surface area contributed by atoms with Gasteiger partial charge in [0.05, 0.1) is 23.1 Å². The number of carboxylic acid groups (broad SMARTS) is 1. The van der Waals surface area contributed by atoms with Crippen molar-refractivity contribution in [2.24, 2.45) is 0 Å². The van der Waals surface area contributed by atoms with Gasteiger partial charge in [0.15, 0.2) is 0 Å². The van der Waals surface area contributed by atoms with Gasteiger partial charge >= 0.3 is 5.97 Å². The second-order valence-electron chi connectivity index (χ2n) is 4.67. The van der Waals surface area contributed by atoms with Gasteiger partial charge in [-0.05, 0) is 23.8 Å². The molecule has 0 aliphatic heterocycles. The number of carbonyl (C=O) groups is 1. The Morgan fingerprint density at radius 1 is 1.22 bits per heavy atom. The molecule has 0 atom stereocenters. The average Bonchev–Trinajstić information content (AvgIpc) is 2.46. The molecule has 2 aromatic carbocycles. The van der Waals surface area contributed by atoms with E-state index >= 15 is 0 Å². The van der Waals surface area contributed by atoms with E-state index in [1.54, 1.807) is 12.1 Å². The molecule has 0 fully saturated rings. The fourth-order valence-corrected chi connectivity index (χ4v) is 3.17. The Hall–Kier alpha value is -3.05. The molecule has 2 aromatic rings. The highest BCUT2D eigenvalue weighted by Gasteiger charge is 2.16. The molecule has 0 radical (unpaired) electrons. The first-order valence-electron chi connectivity index (χ1n) is 6.37. The molecular formula is C15H12N2O5S. The zero-order chi connectivity index (χ0) is 17.0. The molecule has 0 saturated carbocycles. The van der Waals surface area contributed by atoms with E-state index in [4.69, 9.17) is 10.4 Å². The van der Waals surface area contributed by atoms with E-state index in [0.29, 0.717) is 5.56 Å². The predicted molar refractivity (Wildman–Crippen MR) is 82.5 cm³/mol. The molecule has 0 amide bonds. The molecular weight excluding hydrogens is 320 g/mol. The monoisotopic (exact) mass is 332 g/mol. The first kappa shape index (κ1) is 16.3. The van der Waals surface area contributed by atoms with Crippen LogP contribution < -0.4 is 4.72 Å². The van der Waals surface area contributed by atoms with Crippen LogP contribution in [0.25, 0.3) is 0 Å². The fraction of sp³-hybridized carbons (Fsp3) is 0.0667. The molecule has 0 aliphatic rings. The van der Waals surface area contributed by atoms with Crippen molar-refractivity contribution >= 4 is 21.7 Å². The molecule has 0 aliphatic carbocycles. The minimum Gasteiger partial charge on any atom is -0.507 e. The predicted octanol–water partition coefficient (Wildman–Crippen LogP) is 1.90. The van der Waals surface area contributed by atoms with Crippen molar-refractivity contribution in [3.63, 3.8) is 0 Å². The average molecular weight is 332 g/mol. The maximum Gasteiger partial charge on any atom is 0.339 e. The molecule has 118 valence electrons. The third-order valence-electron chi connectivity index (χ3n) is 2.98. The number of nitrogens with zero attached hydrogens (tertiary/aromatic N) is 1. The summed E-state index contributed by atoms with van der Waals surface area (Å²) in [7, 11) is -3.83. The van der Waals surface area contributed by atoms with Gasteiger partial charge in [0.1, 0.15) is 11.3 Å². The van der Waals surface area contributed by atoms with Gasteiger partial charge in [0.25, 0.3) is 0 Å². The highest BCUT2D eigenvalue weighted by Crippen LogP contribution is 2.23. The number of nitrogens with one attached hydrogen (secondary N) is 1. The normalized spacial score (nSPS) is 10.7. The van der Waals surface area contributed by atoms with E-state index in [0.717, 1.165) is 12.1 Å². The van der Waals surface area contributed by atoms with Crippen LogP contribution in [0, 0.1) is 11.3 Å². The van der Waals surface area contributed by atoms with E-state index in [1.807, 2.05) is 6.07 Å². The number of benzene rings is 2. The van der Waals surface area contributed by atoms with Crippen LogP contribution >= 0.6 is 0 Å². The Morgan fingerprint density at radius 3 is 2.52 bits per heavy atom. The van der Waals surface area contributed by atoms with E-state index in [1.165, 1.54) is 18.2 Å². The zero-order valence-electron chi connectivity index (χ0n) is 11.7. The van der Waals surface area contributed by atoms with Gasteiger partial charge in [-0.1, -0.05) is 18.2 Å². The smallest absolute Gasteiger partial charge is 0.339 e. The zero-order valence-corrected chi connectivity index (χ0v) is 12.5. The summed E-state index contributed by atoms with van der Waals surface area (Å²) in [6, 6.07) is 11.6. The maximum absolute atomic E-state index is 12.1. The summed E-state index contributed by atoms with van der Waals surface area (Å²) in [5, 5.41) is 27.4. The van der Waals surface area contributed by atoms with Crippen LogP contribution in [0.5, 0.6) is 5.75 Å². The minimum atomic E-state index is -3.83. The number of rotatable bonds is 5. The summed E-state index contributed by atoms with van der Waals surface area (Å²) in [5.41, 5.74) is 0.292. The first-order valence-corrected chi connectivity index (χ1v) is 8.02. The van der Waals surface area contributed by atoms with E-state index in [-0.39, 0.29) is 16.8 Å². The topological polar surface area (TPSA) is 127 Å². The summed E-state index contributed by atoms with van der Waals surface area (Å²) in [5.74, 6) is -2.28. The number of anilines is 1. The summed E-state index contributed by atoms with van der Waals surface area (Å²) in [6.45, 7) is 0. The van der Waals surface area contributed by atoms with Crippen molar-refractivity contribution in [1.82, 2.24) is 0 Å². The molecule has 0 saturated heterocycles. The summed E-state index contributed by atoms with van der Waals surface area (Å²) >= 11 is 0. The molecule has 2 rings (SSSR count). The highest BCUT2D eigenvalue weighted by molar-refractivity contribution is 7.91. The number of hydrogen-bond acceptors (Lipinski definition) is 5. The molecule has 0 spiro atoms. The van der Waals surface area contributed by atoms with Crippen molar-refractivity contribution in [2.75, 3.05) is 4.72 Å². The van der Waals surface area contributed by atoms with Crippen LogP contribution in [0.15, 0.2) is 42.5 Å². The highest BCUT2D eigenvalue weighted by atomic mass is 32.2. The lowest BCUT2D eigenvalue weighted by Gasteiger charge is -2.10. The van der Waals surface area contributed by atoms with E-state index < -0.39 is 27.5 Å². The lowest BCUT2D eigenvalue weighted by atomic mass is 10.1. The van der Waals surface area contributed by atoms with Crippen molar-refractivity contribution in [2.45, 2.75) is 5.75 Å². The number of phenols is 1. The van der Waals surface area contributed by atoms with Crippen molar-refractivity contribution in [3.05, 3.63) is 59.2 Å². The van der Waals surface area contributed by atoms with Crippen LogP contribution in [0.2, 0.25) is 0 Å².